The fraction of sp³-hybridized carbons (Fsp3) is 0.625. The number of rotatable bonds is 8. The molecule has 2 atom stereocenters. The van der Waals surface area contributed by atoms with Crippen LogP contribution in [0.15, 0.2) is 12.1 Å². The Balaban J connectivity index is 2.65. The fourth-order valence-electron chi connectivity index (χ4n) is 2.39. The monoisotopic (exact) mass is 282 g/mol. The topological polar surface area (TPSA) is 0 Å². The van der Waals surface area contributed by atoms with E-state index < -0.39 is 0 Å². The molecule has 0 spiro atoms. The third-order valence-corrected chi connectivity index (χ3v) is 4.63. The van der Waals surface area contributed by atoms with E-state index in [1.165, 1.54) is 62.0 Å². The molecule has 0 aliphatic heterocycles. The zero-order valence-corrected chi connectivity index (χ0v) is 14.3. The van der Waals surface area contributed by atoms with Crippen molar-refractivity contribution in [3.05, 3.63) is 34.4 Å². The lowest BCUT2D eigenvalue weighted by molar-refractivity contribution is 0.784. The lowest BCUT2D eigenvalue weighted by atomic mass is 9.93. The summed E-state index contributed by atoms with van der Waals surface area (Å²) in [5.74, 6) is 0. The van der Waals surface area contributed by atoms with Crippen molar-refractivity contribution in [3.63, 3.8) is 0 Å². The van der Waals surface area contributed by atoms with Crippen LogP contribution in [0.5, 0.6) is 0 Å². The summed E-state index contributed by atoms with van der Waals surface area (Å²) in [6.07, 6.45) is 10.2. The SMILES string of the molecule is Cc1c(CCCCP)ccc(CCCCP)c1C. The van der Waals surface area contributed by atoms with Gasteiger partial charge >= 0.3 is 0 Å². The molecule has 1 aromatic carbocycles. The summed E-state index contributed by atoms with van der Waals surface area (Å²) < 4.78 is 0. The second-order valence-electron chi connectivity index (χ2n) is 5.13. The molecule has 0 N–H and O–H groups in total. The minimum Gasteiger partial charge on any atom is -0.138 e. The van der Waals surface area contributed by atoms with Crippen LogP contribution >= 0.6 is 18.5 Å². The average molecular weight is 282 g/mol. The van der Waals surface area contributed by atoms with Gasteiger partial charge in [-0.2, -0.15) is 0 Å². The third-order valence-electron chi connectivity index (χ3n) is 3.81. The smallest absolute Gasteiger partial charge is 0.0276 e. The summed E-state index contributed by atoms with van der Waals surface area (Å²) in [6, 6.07) is 4.72. The maximum absolute atomic E-state index is 2.82. The summed E-state index contributed by atoms with van der Waals surface area (Å²) in [5.41, 5.74) is 6.17. The first-order valence-electron chi connectivity index (χ1n) is 7.18. The zero-order valence-electron chi connectivity index (χ0n) is 12.0. The Morgan fingerprint density at radius 3 is 1.44 bits per heavy atom. The molecule has 0 aromatic heterocycles. The van der Waals surface area contributed by atoms with Crippen molar-refractivity contribution in [2.75, 3.05) is 12.3 Å². The maximum atomic E-state index is 2.82. The molecule has 0 bridgehead atoms. The quantitative estimate of drug-likeness (QED) is 0.479. The summed E-state index contributed by atoms with van der Waals surface area (Å²) in [5, 5.41) is 0. The van der Waals surface area contributed by atoms with Crippen LogP contribution in [-0.4, -0.2) is 12.3 Å². The number of hydrogen-bond donors (Lipinski definition) is 0. The highest BCUT2D eigenvalue weighted by Gasteiger charge is 2.06. The van der Waals surface area contributed by atoms with Crippen molar-refractivity contribution in [2.45, 2.75) is 52.4 Å². The van der Waals surface area contributed by atoms with Gasteiger partial charge < -0.3 is 0 Å². The highest BCUT2D eigenvalue weighted by molar-refractivity contribution is 7.16. The molecule has 0 aliphatic carbocycles. The second kappa shape index (κ2) is 9.06. The zero-order chi connectivity index (χ0) is 13.4. The van der Waals surface area contributed by atoms with Gasteiger partial charge in [-0.1, -0.05) is 12.1 Å². The van der Waals surface area contributed by atoms with Crippen LogP contribution in [0.2, 0.25) is 0 Å². The Kier molecular flexibility index (Phi) is 8.12. The van der Waals surface area contributed by atoms with E-state index >= 15 is 0 Å². The molecule has 1 aromatic rings. The first kappa shape index (κ1) is 16.1. The van der Waals surface area contributed by atoms with Crippen molar-refractivity contribution in [1.29, 1.82) is 0 Å². The predicted octanol–water partition coefficient (Wildman–Crippen LogP) is 4.70. The first-order chi connectivity index (χ1) is 8.70. The molecule has 0 heterocycles. The van der Waals surface area contributed by atoms with Crippen LogP contribution in [0, 0.1) is 13.8 Å². The molecule has 0 amide bonds. The van der Waals surface area contributed by atoms with Crippen LogP contribution in [0.4, 0.5) is 0 Å². The van der Waals surface area contributed by atoms with Gasteiger partial charge in [-0.05, 0) is 87.0 Å². The number of unbranched alkanes of at least 4 members (excludes halogenated alkanes) is 2. The molecule has 2 unspecified atom stereocenters. The Morgan fingerprint density at radius 2 is 1.11 bits per heavy atom. The maximum Gasteiger partial charge on any atom is -0.0276 e. The summed E-state index contributed by atoms with van der Waals surface area (Å²) in [7, 11) is 5.64. The van der Waals surface area contributed by atoms with Crippen molar-refractivity contribution >= 4 is 18.5 Å². The van der Waals surface area contributed by atoms with Gasteiger partial charge in [-0.25, -0.2) is 0 Å². The third kappa shape index (κ3) is 4.99. The van der Waals surface area contributed by atoms with Gasteiger partial charge in [0.2, 0.25) is 0 Å². The van der Waals surface area contributed by atoms with Gasteiger partial charge in [0.05, 0.1) is 0 Å². The highest BCUT2D eigenvalue weighted by Crippen LogP contribution is 2.21. The standard InChI is InChI=1S/C16H28P2/c1-13-14(2)16(8-4-6-12-18)10-9-15(13)7-3-5-11-17/h9-10H,3-8,11-12,17-18H2,1-2H3. The van der Waals surface area contributed by atoms with Gasteiger partial charge in [-0.15, -0.1) is 18.5 Å². The van der Waals surface area contributed by atoms with E-state index in [1.807, 2.05) is 0 Å². The van der Waals surface area contributed by atoms with E-state index in [0.29, 0.717) is 0 Å². The van der Waals surface area contributed by atoms with Crippen molar-refractivity contribution < 1.29 is 0 Å². The summed E-state index contributed by atoms with van der Waals surface area (Å²) >= 11 is 0. The molecule has 0 radical (unpaired) electrons. The van der Waals surface area contributed by atoms with E-state index in [4.69, 9.17) is 0 Å². The Bertz CT molecular complexity index is 323. The predicted molar refractivity (Wildman–Crippen MR) is 90.9 cm³/mol. The van der Waals surface area contributed by atoms with Crippen LogP contribution < -0.4 is 0 Å². The lowest BCUT2D eigenvalue weighted by Crippen LogP contribution is -1.98. The molecule has 0 saturated heterocycles. The summed E-state index contributed by atoms with van der Waals surface area (Å²) in [6.45, 7) is 4.59. The van der Waals surface area contributed by atoms with E-state index in [0.717, 1.165) is 0 Å². The molecule has 18 heavy (non-hydrogen) atoms. The van der Waals surface area contributed by atoms with E-state index in [2.05, 4.69) is 44.5 Å². The number of hydrogen-bond acceptors (Lipinski definition) is 0. The normalized spacial score (nSPS) is 10.9. The molecule has 0 saturated carbocycles. The molecule has 0 nitrogen and oxygen atoms in total. The number of aryl methyl sites for hydroxylation is 2. The van der Waals surface area contributed by atoms with Crippen LogP contribution in [-0.2, 0) is 12.8 Å². The minimum absolute atomic E-state index is 1.23. The molecule has 1 rings (SSSR count). The lowest BCUT2D eigenvalue weighted by Gasteiger charge is -2.13. The molecule has 102 valence electrons. The van der Waals surface area contributed by atoms with Crippen LogP contribution in [0.25, 0.3) is 0 Å². The highest BCUT2D eigenvalue weighted by atomic mass is 31.0. The van der Waals surface area contributed by atoms with Crippen molar-refractivity contribution in [2.24, 2.45) is 0 Å². The van der Waals surface area contributed by atoms with E-state index in [-0.39, 0.29) is 0 Å². The van der Waals surface area contributed by atoms with Crippen molar-refractivity contribution in [1.82, 2.24) is 0 Å². The van der Waals surface area contributed by atoms with E-state index in [9.17, 15) is 0 Å². The molecule has 0 fully saturated rings. The Labute approximate surface area is 118 Å². The molecular weight excluding hydrogens is 254 g/mol. The number of benzene rings is 1. The van der Waals surface area contributed by atoms with Gasteiger partial charge in [0.15, 0.2) is 0 Å². The molecular formula is C16H28P2. The summed E-state index contributed by atoms with van der Waals surface area (Å²) in [4.78, 5) is 0. The van der Waals surface area contributed by atoms with Gasteiger partial charge in [0, 0.05) is 0 Å². The first-order valence-corrected chi connectivity index (χ1v) is 8.82. The fourth-order valence-corrected chi connectivity index (χ4v) is 2.97. The van der Waals surface area contributed by atoms with Gasteiger partial charge in [0.1, 0.15) is 0 Å². The Morgan fingerprint density at radius 1 is 0.722 bits per heavy atom. The Hall–Kier alpha value is 0.0800. The van der Waals surface area contributed by atoms with Crippen LogP contribution in [0.3, 0.4) is 0 Å². The van der Waals surface area contributed by atoms with Crippen LogP contribution in [0.1, 0.15) is 47.9 Å². The van der Waals surface area contributed by atoms with Gasteiger partial charge in [-0.3, -0.25) is 0 Å². The molecule has 0 aliphatic rings. The molecule has 2 heteroatoms. The average Bonchev–Trinajstić information content (AvgIpc) is 2.37. The van der Waals surface area contributed by atoms with Gasteiger partial charge in [0.25, 0.3) is 0 Å². The largest absolute Gasteiger partial charge is 0.138 e. The second-order valence-corrected chi connectivity index (χ2v) is 6.28. The minimum atomic E-state index is 1.23. The van der Waals surface area contributed by atoms with Crippen molar-refractivity contribution in [3.8, 4) is 0 Å². The van der Waals surface area contributed by atoms with E-state index in [1.54, 1.807) is 11.1 Å².